The Balaban J connectivity index is 2.54. The Morgan fingerprint density at radius 2 is 1.14 bits per heavy atom. The summed E-state index contributed by atoms with van der Waals surface area (Å²) in [5.74, 6) is -0.135. The summed E-state index contributed by atoms with van der Waals surface area (Å²) in [4.78, 5) is 12.4. The maximum absolute atomic E-state index is 12.4. The van der Waals surface area contributed by atoms with Gasteiger partial charge in [0.05, 0.1) is 0 Å². The van der Waals surface area contributed by atoms with E-state index in [9.17, 15) is 4.79 Å². The van der Waals surface area contributed by atoms with Crippen LogP contribution in [-0.4, -0.2) is 34.8 Å². The summed E-state index contributed by atoms with van der Waals surface area (Å²) in [7, 11) is 0. The number of rotatable bonds is 0. The molecule has 0 aromatic carbocycles. The molecule has 0 N–H and O–H groups in total. The summed E-state index contributed by atoms with van der Waals surface area (Å²) in [5.41, 5.74) is 1.22. The van der Waals surface area contributed by atoms with Gasteiger partial charge in [0, 0.05) is 0 Å². The van der Waals surface area contributed by atoms with E-state index in [4.69, 9.17) is 21.0 Å². The first-order valence-electron chi connectivity index (χ1n) is 5.82. The molecular weight excluding hydrogens is 410 g/mol. The molecule has 0 saturated carbocycles. The Bertz CT molecular complexity index is 1110. The van der Waals surface area contributed by atoms with Gasteiger partial charge >= 0.3 is 136 Å². The molecule has 7 heteroatoms. The van der Waals surface area contributed by atoms with E-state index in [1.165, 1.54) is 0 Å². The second-order valence-electron chi connectivity index (χ2n) is 4.23. The van der Waals surface area contributed by atoms with Crippen molar-refractivity contribution in [2.24, 2.45) is 0 Å². The first-order chi connectivity index (χ1) is 10.6. The first kappa shape index (κ1) is 14.3. The minimum atomic E-state index is -0.257. The predicted molar refractivity (Wildman–Crippen MR) is 76.4 cm³/mol. The topological polar surface area (TPSA) is 112 Å². The first-order valence-corrected chi connectivity index (χ1v) is 9.25. The molecule has 2 heterocycles. The van der Waals surface area contributed by atoms with Crippen molar-refractivity contribution in [2.75, 3.05) is 0 Å². The molecule has 100 valence electrons. The van der Waals surface area contributed by atoms with E-state index in [0.717, 1.165) is 8.19 Å². The van der Waals surface area contributed by atoms with E-state index in [0.29, 0.717) is 19.3 Å². The molecule has 1 aliphatic rings. The van der Waals surface area contributed by atoms with Gasteiger partial charge in [0.25, 0.3) is 0 Å². The van der Waals surface area contributed by atoms with Crippen molar-refractivity contribution in [3.63, 3.8) is 0 Å². The van der Waals surface area contributed by atoms with Crippen LogP contribution in [0.15, 0.2) is 12.1 Å². The molecule has 0 spiro atoms. The molecule has 22 heavy (non-hydrogen) atoms. The van der Waals surface area contributed by atoms with Crippen LogP contribution >= 0.6 is 0 Å². The molecule has 0 bridgehead atoms. The monoisotopic (exact) mass is 414 g/mol. The number of carbonyl (C=O) groups excluding carboxylic acids is 1. The maximum atomic E-state index is 12.4. The fourth-order valence-electron chi connectivity index (χ4n) is 2.12. The number of carbonyl (C=O) groups is 1. The molecular formula is C15H2N4OSe2. The fraction of sp³-hybridized carbons (Fsp3) is 0. The zero-order valence-electron chi connectivity index (χ0n) is 10.7. The molecule has 2 aromatic heterocycles. The number of fused-ring (bicyclic) bond motifs is 2. The van der Waals surface area contributed by atoms with Gasteiger partial charge in [0.2, 0.25) is 0 Å². The summed E-state index contributed by atoms with van der Waals surface area (Å²) in [6.45, 7) is 0. The summed E-state index contributed by atoms with van der Waals surface area (Å²) in [6.07, 6.45) is 0. The molecule has 0 aliphatic heterocycles. The minimum absolute atomic E-state index is 0.0457. The second kappa shape index (κ2) is 5.29. The van der Waals surface area contributed by atoms with Crippen LogP contribution in [0.4, 0.5) is 0 Å². The Morgan fingerprint density at radius 1 is 0.773 bits per heavy atom. The standard InChI is InChI=1S/C15H2N4OSe2/c16-3-7(4-17)11-1-9-13(20)10-2-12(8(5-18)6-19)22-15(10)14(9)21-11/h1-2H. The van der Waals surface area contributed by atoms with Crippen LogP contribution in [0.3, 0.4) is 0 Å². The van der Waals surface area contributed by atoms with E-state index in [1.54, 1.807) is 12.1 Å². The van der Waals surface area contributed by atoms with E-state index >= 15 is 0 Å². The number of nitrogens with zero attached hydrogens (tertiary/aromatic N) is 4. The van der Waals surface area contributed by atoms with Gasteiger partial charge in [-0.2, -0.15) is 0 Å². The predicted octanol–water partition coefficient (Wildman–Crippen LogP) is -0.972. The van der Waals surface area contributed by atoms with E-state index in [2.05, 4.69) is 0 Å². The van der Waals surface area contributed by atoms with Crippen LogP contribution in [0.1, 0.15) is 15.9 Å². The second-order valence-corrected chi connectivity index (χ2v) is 8.65. The van der Waals surface area contributed by atoms with Crippen molar-refractivity contribution >= 4 is 45.9 Å². The van der Waals surface area contributed by atoms with E-state index in [1.807, 2.05) is 24.3 Å². The third-order valence-electron chi connectivity index (χ3n) is 3.10. The molecule has 2 aromatic rings. The summed E-state index contributed by atoms with van der Waals surface area (Å²) >= 11 is -0.513. The molecule has 0 fully saturated rings. The van der Waals surface area contributed by atoms with Gasteiger partial charge in [-0.05, 0) is 0 Å². The van der Waals surface area contributed by atoms with Crippen LogP contribution in [0, 0.1) is 53.5 Å². The molecule has 0 radical (unpaired) electrons. The van der Waals surface area contributed by atoms with Crippen LogP contribution in [0.2, 0.25) is 0 Å². The third kappa shape index (κ3) is 1.91. The Labute approximate surface area is 135 Å². The average molecular weight is 412 g/mol. The molecule has 0 atom stereocenters. The summed E-state index contributed by atoms with van der Waals surface area (Å²) < 4.78 is 3.03. The molecule has 0 saturated heterocycles. The van der Waals surface area contributed by atoms with E-state index < -0.39 is 0 Å². The number of hydrogen-bond acceptors (Lipinski definition) is 5. The van der Waals surface area contributed by atoms with Crippen molar-refractivity contribution in [3.8, 4) is 24.3 Å². The molecule has 5 nitrogen and oxygen atoms in total. The van der Waals surface area contributed by atoms with Gasteiger partial charge < -0.3 is 0 Å². The van der Waals surface area contributed by atoms with Gasteiger partial charge in [-0.15, -0.1) is 0 Å². The number of hydrogen-bond donors (Lipinski definition) is 0. The summed E-state index contributed by atoms with van der Waals surface area (Å²) in [5, 5.41) is 35.8. The van der Waals surface area contributed by atoms with Crippen LogP contribution < -0.4 is 8.19 Å². The van der Waals surface area contributed by atoms with Crippen molar-refractivity contribution < 1.29 is 4.79 Å². The van der Waals surface area contributed by atoms with E-state index in [-0.39, 0.29) is 45.9 Å². The quantitative estimate of drug-likeness (QED) is 0.441. The van der Waals surface area contributed by atoms with Gasteiger partial charge in [0.1, 0.15) is 0 Å². The van der Waals surface area contributed by atoms with Gasteiger partial charge in [-0.3, -0.25) is 0 Å². The van der Waals surface area contributed by atoms with Crippen molar-refractivity contribution in [1.29, 1.82) is 21.0 Å². The van der Waals surface area contributed by atoms with Crippen molar-refractivity contribution in [3.05, 3.63) is 39.6 Å². The molecule has 0 unspecified atom stereocenters. The SMILES string of the molecule is N#CC(C#N)=c1cc2c([se]1)=c1[se]c(=C(C#N)C#N)cc1C2=O. The fourth-order valence-corrected chi connectivity index (χ4v) is 7.45. The normalized spacial score (nSPS) is 10.6. The molecule has 3 rings (SSSR count). The van der Waals surface area contributed by atoms with Gasteiger partial charge in [0.15, 0.2) is 0 Å². The molecule has 1 aliphatic carbocycles. The third-order valence-corrected chi connectivity index (χ3v) is 8.66. The van der Waals surface area contributed by atoms with Crippen LogP contribution in [0.5, 0.6) is 0 Å². The Morgan fingerprint density at radius 3 is 1.45 bits per heavy atom. The van der Waals surface area contributed by atoms with Crippen molar-refractivity contribution in [1.82, 2.24) is 0 Å². The Hall–Kier alpha value is -2.63. The number of nitriles is 4. The van der Waals surface area contributed by atoms with Gasteiger partial charge in [-0.1, -0.05) is 0 Å². The Kier molecular flexibility index (Phi) is 3.44. The summed E-state index contributed by atoms with van der Waals surface area (Å²) in [6, 6.07) is 10.7. The van der Waals surface area contributed by atoms with Crippen LogP contribution in [-0.2, 0) is 0 Å². The van der Waals surface area contributed by atoms with Crippen LogP contribution in [0.25, 0.3) is 11.1 Å². The zero-order valence-corrected chi connectivity index (χ0v) is 14.1. The van der Waals surface area contributed by atoms with Gasteiger partial charge in [-0.25, -0.2) is 0 Å². The molecule has 0 amide bonds. The van der Waals surface area contributed by atoms with Crippen molar-refractivity contribution in [2.45, 2.75) is 0 Å². The number of ketones is 1. The zero-order chi connectivity index (χ0) is 15.9. The average Bonchev–Trinajstić information content (AvgIpc) is 3.18.